The van der Waals surface area contributed by atoms with Gasteiger partial charge in [-0.05, 0) is 11.6 Å². The third kappa shape index (κ3) is 3.23. The van der Waals surface area contributed by atoms with Crippen molar-refractivity contribution in [1.82, 2.24) is 25.0 Å². The molecular weight excluding hydrogens is 302 g/mol. The van der Waals surface area contributed by atoms with Crippen LogP contribution in [0.2, 0.25) is 0 Å². The van der Waals surface area contributed by atoms with Gasteiger partial charge in [-0.25, -0.2) is 9.97 Å². The molecule has 0 amide bonds. The zero-order valence-electron chi connectivity index (χ0n) is 13.1. The second-order valence-corrected chi connectivity index (χ2v) is 5.76. The Labute approximate surface area is 139 Å². The summed E-state index contributed by atoms with van der Waals surface area (Å²) in [5.41, 5.74) is 1.22. The highest BCUT2D eigenvalue weighted by Gasteiger charge is 2.32. The molecule has 0 aliphatic carbocycles. The Bertz CT molecular complexity index is 810. The third-order valence-corrected chi connectivity index (χ3v) is 3.99. The number of likely N-dealkylation sites (tertiary alicyclic amines) is 1. The first-order valence-electron chi connectivity index (χ1n) is 7.93. The van der Waals surface area contributed by atoms with Gasteiger partial charge in [0.1, 0.15) is 0 Å². The van der Waals surface area contributed by atoms with E-state index in [-0.39, 0.29) is 0 Å². The summed E-state index contributed by atoms with van der Waals surface area (Å²) in [6.45, 7) is 2.78. The summed E-state index contributed by atoms with van der Waals surface area (Å²) in [6, 6.07) is 12.1. The van der Waals surface area contributed by atoms with Crippen LogP contribution in [0.15, 0.2) is 59.4 Å². The Morgan fingerprint density at radius 3 is 2.62 bits per heavy atom. The first-order chi connectivity index (χ1) is 11.9. The van der Waals surface area contributed by atoms with Crippen molar-refractivity contribution in [2.75, 3.05) is 19.6 Å². The molecule has 0 saturated carbocycles. The van der Waals surface area contributed by atoms with Gasteiger partial charge in [0.25, 0.3) is 0 Å². The molecule has 0 N–H and O–H groups in total. The normalized spacial score (nSPS) is 15.7. The molecule has 0 radical (unpaired) electrons. The van der Waals surface area contributed by atoms with Crippen LogP contribution in [0, 0.1) is 0 Å². The molecule has 0 unspecified atom stereocenters. The number of hydrogen-bond acceptors (Lipinski definition) is 6. The molecule has 0 bridgehead atoms. The molecule has 2 aromatic heterocycles. The lowest BCUT2D eigenvalue weighted by Crippen LogP contribution is -2.44. The van der Waals surface area contributed by atoms with Crippen molar-refractivity contribution >= 4 is 6.08 Å². The van der Waals surface area contributed by atoms with Gasteiger partial charge in [0.15, 0.2) is 0 Å². The molecule has 6 nitrogen and oxygen atoms in total. The quantitative estimate of drug-likeness (QED) is 0.720. The maximum Gasteiger partial charge on any atom is 0.240 e. The summed E-state index contributed by atoms with van der Waals surface area (Å²) in [7, 11) is 0. The van der Waals surface area contributed by atoms with Gasteiger partial charge in [-0.3, -0.25) is 4.90 Å². The van der Waals surface area contributed by atoms with E-state index < -0.39 is 0 Å². The van der Waals surface area contributed by atoms with Crippen LogP contribution in [0.1, 0.15) is 17.4 Å². The summed E-state index contributed by atoms with van der Waals surface area (Å²) in [5, 5.41) is 3.97. The monoisotopic (exact) mass is 319 g/mol. The average Bonchev–Trinajstić information content (AvgIpc) is 3.08. The van der Waals surface area contributed by atoms with Crippen LogP contribution in [0.5, 0.6) is 0 Å². The molecule has 3 aromatic rings. The lowest BCUT2D eigenvalue weighted by molar-refractivity contribution is 0.140. The Balaban J connectivity index is 1.30. The second kappa shape index (κ2) is 6.72. The molecule has 4 rings (SSSR count). The number of nitrogens with zero attached hydrogens (tertiary/aromatic N) is 5. The highest BCUT2D eigenvalue weighted by atomic mass is 16.5. The van der Waals surface area contributed by atoms with Gasteiger partial charge in [0.05, 0.1) is 5.92 Å². The number of rotatable bonds is 5. The van der Waals surface area contributed by atoms with Gasteiger partial charge in [-0.15, -0.1) is 0 Å². The minimum atomic E-state index is 0.292. The smallest absolute Gasteiger partial charge is 0.240 e. The summed E-state index contributed by atoms with van der Waals surface area (Å²) < 4.78 is 5.36. The second-order valence-electron chi connectivity index (χ2n) is 5.76. The standard InChI is InChI=1S/C18H17N5O/c1-2-6-14(7-3-1)8-4-11-23-12-15(13-23)18-21-17(22-24-18)16-19-9-5-10-20-16/h1-10,15H,11-13H2/b8-4+. The maximum atomic E-state index is 5.36. The molecule has 1 saturated heterocycles. The minimum Gasteiger partial charge on any atom is -0.338 e. The van der Waals surface area contributed by atoms with E-state index in [2.05, 4.69) is 49.3 Å². The number of aromatic nitrogens is 4. The molecule has 1 aliphatic heterocycles. The van der Waals surface area contributed by atoms with E-state index in [1.165, 1.54) is 5.56 Å². The molecule has 1 fully saturated rings. The van der Waals surface area contributed by atoms with Gasteiger partial charge < -0.3 is 4.52 Å². The molecule has 6 heteroatoms. The molecule has 0 atom stereocenters. The van der Waals surface area contributed by atoms with Crippen molar-refractivity contribution in [3.63, 3.8) is 0 Å². The fourth-order valence-electron chi connectivity index (χ4n) is 2.68. The molecule has 1 aliphatic rings. The lowest BCUT2D eigenvalue weighted by Gasteiger charge is -2.36. The predicted octanol–water partition coefficient (Wildman–Crippen LogP) is 2.64. The van der Waals surface area contributed by atoms with Crippen LogP contribution >= 0.6 is 0 Å². The summed E-state index contributed by atoms with van der Waals surface area (Å²) in [4.78, 5) is 15.0. The number of benzene rings is 1. The van der Waals surface area contributed by atoms with E-state index in [0.29, 0.717) is 23.5 Å². The van der Waals surface area contributed by atoms with Crippen LogP contribution in [0.3, 0.4) is 0 Å². The highest BCUT2D eigenvalue weighted by molar-refractivity contribution is 5.48. The lowest BCUT2D eigenvalue weighted by atomic mass is 10.0. The van der Waals surface area contributed by atoms with Crippen LogP contribution in [0.25, 0.3) is 17.7 Å². The highest BCUT2D eigenvalue weighted by Crippen LogP contribution is 2.26. The van der Waals surface area contributed by atoms with Crippen LogP contribution in [-0.2, 0) is 0 Å². The Morgan fingerprint density at radius 1 is 1.04 bits per heavy atom. The Hall–Kier alpha value is -2.86. The van der Waals surface area contributed by atoms with Crippen molar-refractivity contribution in [3.8, 4) is 11.6 Å². The van der Waals surface area contributed by atoms with E-state index in [9.17, 15) is 0 Å². The first-order valence-corrected chi connectivity index (χ1v) is 7.93. The summed E-state index contributed by atoms with van der Waals surface area (Å²) >= 11 is 0. The maximum absolute atomic E-state index is 5.36. The summed E-state index contributed by atoms with van der Waals surface area (Å²) in [6.07, 6.45) is 7.67. The van der Waals surface area contributed by atoms with Gasteiger partial charge in [-0.1, -0.05) is 47.6 Å². The average molecular weight is 319 g/mol. The van der Waals surface area contributed by atoms with Crippen molar-refractivity contribution in [3.05, 3.63) is 66.3 Å². The first kappa shape index (κ1) is 14.7. The Kier molecular flexibility index (Phi) is 4.12. The number of hydrogen-bond donors (Lipinski definition) is 0. The SMILES string of the molecule is C(=C\c1ccccc1)/CN1CC(c2nc(-c3ncccn3)no2)C1. The zero-order valence-corrected chi connectivity index (χ0v) is 13.1. The summed E-state index contributed by atoms with van der Waals surface area (Å²) in [5.74, 6) is 1.91. The molecule has 24 heavy (non-hydrogen) atoms. The third-order valence-electron chi connectivity index (χ3n) is 3.99. The van der Waals surface area contributed by atoms with Crippen LogP contribution < -0.4 is 0 Å². The van der Waals surface area contributed by atoms with E-state index in [1.54, 1.807) is 18.5 Å². The molecule has 1 aromatic carbocycles. The van der Waals surface area contributed by atoms with E-state index in [1.807, 2.05) is 18.2 Å². The largest absolute Gasteiger partial charge is 0.338 e. The van der Waals surface area contributed by atoms with E-state index in [0.717, 1.165) is 19.6 Å². The van der Waals surface area contributed by atoms with Gasteiger partial charge in [0.2, 0.25) is 17.5 Å². The van der Waals surface area contributed by atoms with Gasteiger partial charge in [0, 0.05) is 32.0 Å². The molecular formula is C18H17N5O. The molecule has 0 spiro atoms. The van der Waals surface area contributed by atoms with Crippen LogP contribution in [-0.4, -0.2) is 44.6 Å². The van der Waals surface area contributed by atoms with E-state index in [4.69, 9.17) is 4.52 Å². The van der Waals surface area contributed by atoms with Crippen molar-refractivity contribution in [1.29, 1.82) is 0 Å². The zero-order chi connectivity index (χ0) is 16.2. The fraction of sp³-hybridized carbons (Fsp3) is 0.222. The van der Waals surface area contributed by atoms with E-state index >= 15 is 0 Å². The van der Waals surface area contributed by atoms with Gasteiger partial charge >= 0.3 is 0 Å². The Morgan fingerprint density at radius 2 is 1.83 bits per heavy atom. The molecule has 120 valence electrons. The topological polar surface area (TPSA) is 67.9 Å². The van der Waals surface area contributed by atoms with Crippen molar-refractivity contribution < 1.29 is 4.52 Å². The van der Waals surface area contributed by atoms with Gasteiger partial charge in [-0.2, -0.15) is 4.98 Å². The fourth-order valence-corrected chi connectivity index (χ4v) is 2.68. The van der Waals surface area contributed by atoms with Crippen molar-refractivity contribution in [2.45, 2.75) is 5.92 Å². The molecule has 3 heterocycles. The predicted molar refractivity (Wildman–Crippen MR) is 90.0 cm³/mol. The van der Waals surface area contributed by atoms with Crippen molar-refractivity contribution in [2.24, 2.45) is 0 Å². The minimum absolute atomic E-state index is 0.292. The van der Waals surface area contributed by atoms with Crippen LogP contribution in [0.4, 0.5) is 0 Å².